The number of hydrogen-bond donors (Lipinski definition) is 2. The van der Waals surface area contributed by atoms with Gasteiger partial charge in [0.05, 0.1) is 45.2 Å². The van der Waals surface area contributed by atoms with Gasteiger partial charge in [0.1, 0.15) is 5.82 Å². The van der Waals surface area contributed by atoms with Gasteiger partial charge in [-0.3, -0.25) is 19.3 Å². The van der Waals surface area contributed by atoms with Gasteiger partial charge in [-0.25, -0.2) is 4.39 Å². The number of halogens is 1. The molecule has 0 saturated heterocycles. The van der Waals surface area contributed by atoms with E-state index in [1.165, 1.54) is 44.4 Å². The highest BCUT2D eigenvalue weighted by Gasteiger charge is 2.42. The van der Waals surface area contributed by atoms with E-state index in [0.717, 1.165) is 5.56 Å². The number of anilines is 2. The van der Waals surface area contributed by atoms with Crippen LogP contribution in [0, 0.1) is 5.82 Å². The van der Waals surface area contributed by atoms with Gasteiger partial charge in [0.25, 0.3) is 0 Å². The van der Waals surface area contributed by atoms with Crippen LogP contribution in [0.1, 0.15) is 48.8 Å². The highest BCUT2D eigenvalue weighted by Crippen LogP contribution is 2.49. The summed E-state index contributed by atoms with van der Waals surface area (Å²) in [6.07, 6.45) is -0.167. The van der Waals surface area contributed by atoms with Crippen LogP contribution in [0.5, 0.6) is 17.2 Å². The maximum absolute atomic E-state index is 14.6. The minimum atomic E-state index is -1.12. The maximum atomic E-state index is 14.6. The number of methoxy groups -OCH3 is 3. The number of carboxylic acids is 1. The molecule has 5 rings (SSSR count). The molecule has 9 nitrogen and oxygen atoms in total. The van der Waals surface area contributed by atoms with Crippen LogP contribution in [0.15, 0.2) is 71.9 Å². The summed E-state index contributed by atoms with van der Waals surface area (Å²) in [5.41, 5.74) is 3.19. The Morgan fingerprint density at radius 1 is 0.929 bits per heavy atom. The molecule has 1 heterocycles. The number of benzene rings is 3. The molecule has 1 amide bonds. The van der Waals surface area contributed by atoms with Gasteiger partial charge in [-0.1, -0.05) is 24.3 Å². The average Bonchev–Trinajstić information content (AvgIpc) is 3.13. The van der Waals surface area contributed by atoms with E-state index in [1.54, 1.807) is 30.3 Å². The van der Waals surface area contributed by atoms with E-state index in [0.29, 0.717) is 51.9 Å². The molecule has 3 aromatic rings. The van der Waals surface area contributed by atoms with Gasteiger partial charge in [-0.05, 0) is 59.9 Å². The lowest BCUT2D eigenvalue weighted by Gasteiger charge is -2.35. The number of amides is 1. The second-order valence-electron chi connectivity index (χ2n) is 10.1. The molecule has 0 unspecified atom stereocenters. The van der Waals surface area contributed by atoms with Crippen molar-refractivity contribution in [1.29, 1.82) is 0 Å². The Morgan fingerprint density at radius 2 is 1.64 bits per heavy atom. The van der Waals surface area contributed by atoms with E-state index < -0.39 is 23.7 Å². The molecule has 0 radical (unpaired) electrons. The van der Waals surface area contributed by atoms with E-state index >= 15 is 0 Å². The third-order valence-corrected chi connectivity index (χ3v) is 7.63. The Labute approximate surface area is 242 Å². The van der Waals surface area contributed by atoms with E-state index in [4.69, 9.17) is 14.2 Å². The number of ether oxygens (including phenoxy) is 3. The van der Waals surface area contributed by atoms with Gasteiger partial charge in [-0.2, -0.15) is 0 Å². The molecule has 3 aromatic carbocycles. The molecule has 2 aliphatic rings. The molecule has 10 heteroatoms. The first kappa shape index (κ1) is 28.7. The smallest absolute Gasteiger partial charge is 0.303 e. The summed E-state index contributed by atoms with van der Waals surface area (Å²) in [7, 11) is 4.57. The number of aliphatic carboxylic acids is 1. The number of ketones is 1. The summed E-state index contributed by atoms with van der Waals surface area (Å²) in [5, 5.41) is 12.7. The number of para-hydroxylation sites is 2. The minimum absolute atomic E-state index is 0.110. The normalized spacial score (nSPS) is 17.9. The van der Waals surface area contributed by atoms with Crippen LogP contribution in [-0.2, 0) is 14.4 Å². The zero-order valence-electron chi connectivity index (χ0n) is 23.5. The second-order valence-corrected chi connectivity index (χ2v) is 10.1. The molecule has 0 spiro atoms. The van der Waals surface area contributed by atoms with Crippen LogP contribution in [0.2, 0.25) is 0 Å². The van der Waals surface area contributed by atoms with Gasteiger partial charge >= 0.3 is 5.97 Å². The van der Waals surface area contributed by atoms with Crippen LogP contribution in [0.25, 0.3) is 0 Å². The van der Waals surface area contributed by atoms with Crippen LogP contribution < -0.4 is 24.4 Å². The number of hydrogen-bond acceptors (Lipinski definition) is 7. The number of carbonyl (C=O) groups is 3. The van der Waals surface area contributed by atoms with E-state index in [1.807, 2.05) is 12.1 Å². The summed E-state index contributed by atoms with van der Waals surface area (Å²) in [5.74, 6) is -1.25. The third-order valence-electron chi connectivity index (χ3n) is 7.63. The number of nitrogens with zero attached hydrogens (tertiary/aromatic N) is 1. The average molecular weight is 575 g/mol. The lowest BCUT2D eigenvalue weighted by atomic mass is 9.78. The standard InChI is InChI=1S/C32H31FN2O7/c1-40-26-16-20(17-27(41-2)32(26)42-3)19-14-23-30(25(36)15-19)31(18-7-6-8-21(33)13-18)35(28(37)11-12-29(38)39)24-10-5-4-9-22(24)34-23/h4-10,13,16-17,19,31,34H,11-12,14-15H2,1-3H3,(H,38,39)/t19-,31+/m1/s1. The van der Waals surface area contributed by atoms with Crippen molar-refractivity contribution in [3.8, 4) is 17.2 Å². The highest BCUT2D eigenvalue weighted by atomic mass is 19.1. The van der Waals surface area contributed by atoms with Gasteiger partial charge in [-0.15, -0.1) is 0 Å². The summed E-state index contributed by atoms with van der Waals surface area (Å²) < 4.78 is 31.1. The number of carbonyl (C=O) groups excluding carboxylic acids is 2. The van der Waals surface area contributed by atoms with E-state index in [-0.39, 0.29) is 31.0 Å². The van der Waals surface area contributed by atoms with Crippen molar-refractivity contribution in [2.75, 3.05) is 31.5 Å². The first-order valence-corrected chi connectivity index (χ1v) is 13.5. The monoisotopic (exact) mass is 574 g/mol. The van der Waals surface area contributed by atoms with Crippen molar-refractivity contribution in [3.05, 3.63) is 88.9 Å². The zero-order valence-corrected chi connectivity index (χ0v) is 23.5. The molecular weight excluding hydrogens is 543 g/mol. The lowest BCUT2D eigenvalue weighted by molar-refractivity contribution is -0.138. The van der Waals surface area contributed by atoms with Crippen molar-refractivity contribution >= 4 is 29.0 Å². The van der Waals surface area contributed by atoms with Gasteiger partial charge < -0.3 is 24.6 Å². The van der Waals surface area contributed by atoms with Gasteiger partial charge in [0, 0.05) is 24.1 Å². The van der Waals surface area contributed by atoms with Crippen LogP contribution >= 0.6 is 0 Å². The van der Waals surface area contributed by atoms with Gasteiger partial charge in [0.2, 0.25) is 11.7 Å². The van der Waals surface area contributed by atoms with Crippen molar-refractivity contribution in [3.63, 3.8) is 0 Å². The molecule has 0 bridgehead atoms. The fourth-order valence-electron chi connectivity index (χ4n) is 5.76. The Balaban J connectivity index is 1.67. The SMILES string of the molecule is COc1cc([C@H]2CC(=O)C3=C(C2)Nc2ccccc2N(C(=O)CCC(=O)O)[C@H]3c2cccc(F)c2)cc(OC)c1OC. The van der Waals surface area contributed by atoms with E-state index in [9.17, 15) is 23.9 Å². The number of fused-ring (bicyclic) bond motifs is 1. The Bertz CT molecular complexity index is 1560. The molecule has 0 aromatic heterocycles. The molecule has 2 atom stereocenters. The Kier molecular flexibility index (Phi) is 8.15. The Morgan fingerprint density at radius 3 is 2.29 bits per heavy atom. The highest BCUT2D eigenvalue weighted by molar-refractivity contribution is 6.06. The van der Waals surface area contributed by atoms with Crippen LogP contribution in [0.4, 0.5) is 15.8 Å². The third kappa shape index (κ3) is 5.39. The predicted octanol–water partition coefficient (Wildman–Crippen LogP) is 5.62. The number of allylic oxidation sites excluding steroid dienone is 1. The largest absolute Gasteiger partial charge is 0.493 e. The predicted molar refractivity (Wildman–Crippen MR) is 154 cm³/mol. The number of carboxylic acid groups (broad SMARTS) is 1. The molecule has 2 N–H and O–H groups in total. The molecule has 1 aliphatic carbocycles. The zero-order chi connectivity index (χ0) is 30.0. The molecule has 1 aliphatic heterocycles. The summed E-state index contributed by atoms with van der Waals surface area (Å²) in [6.45, 7) is 0. The lowest BCUT2D eigenvalue weighted by Crippen LogP contribution is -2.38. The summed E-state index contributed by atoms with van der Waals surface area (Å²) >= 11 is 0. The van der Waals surface area contributed by atoms with Crippen LogP contribution in [0.3, 0.4) is 0 Å². The molecule has 218 valence electrons. The maximum Gasteiger partial charge on any atom is 0.303 e. The topological polar surface area (TPSA) is 114 Å². The Hall–Kier alpha value is -4.86. The molecule has 0 saturated carbocycles. The minimum Gasteiger partial charge on any atom is -0.493 e. The number of rotatable bonds is 8. The molecule has 42 heavy (non-hydrogen) atoms. The second kappa shape index (κ2) is 11.9. The quantitative estimate of drug-likeness (QED) is 0.357. The first-order chi connectivity index (χ1) is 20.2. The van der Waals surface area contributed by atoms with Crippen molar-refractivity contribution < 1.29 is 38.1 Å². The summed E-state index contributed by atoms with van der Waals surface area (Å²) in [4.78, 5) is 40.7. The van der Waals surface area contributed by atoms with Crippen molar-refractivity contribution in [2.24, 2.45) is 0 Å². The molecule has 0 fully saturated rings. The molecular formula is C32H31FN2O7. The van der Waals surface area contributed by atoms with Crippen molar-refractivity contribution in [2.45, 2.75) is 37.6 Å². The fraction of sp³-hybridized carbons (Fsp3) is 0.281. The first-order valence-electron chi connectivity index (χ1n) is 13.5. The van der Waals surface area contributed by atoms with E-state index in [2.05, 4.69) is 5.32 Å². The fourth-order valence-corrected chi connectivity index (χ4v) is 5.76. The van der Waals surface area contributed by atoms with Gasteiger partial charge in [0.15, 0.2) is 17.3 Å². The summed E-state index contributed by atoms with van der Waals surface area (Å²) in [6, 6.07) is 15.5. The number of Topliss-reactive ketones (excluding diaryl/α,β-unsaturated/α-hetero) is 1. The number of nitrogens with one attached hydrogen (secondary N) is 1. The van der Waals surface area contributed by atoms with Crippen molar-refractivity contribution in [1.82, 2.24) is 0 Å². The van der Waals surface area contributed by atoms with Crippen LogP contribution in [-0.4, -0.2) is 44.1 Å².